The molecule has 0 aromatic carbocycles. The van der Waals surface area contributed by atoms with Crippen LogP contribution in [0.25, 0.3) is 10.8 Å². The minimum Gasteiger partial charge on any atom is -0.474 e. The highest BCUT2D eigenvalue weighted by Crippen LogP contribution is 2.33. The van der Waals surface area contributed by atoms with E-state index in [9.17, 15) is 0 Å². The summed E-state index contributed by atoms with van der Waals surface area (Å²) < 4.78 is 5.94. The van der Waals surface area contributed by atoms with Crippen LogP contribution in [0, 0.1) is 0 Å². The molecule has 1 saturated carbocycles. The summed E-state index contributed by atoms with van der Waals surface area (Å²) in [7, 11) is 0. The molecule has 0 saturated heterocycles. The fourth-order valence-corrected chi connectivity index (χ4v) is 2.52. The van der Waals surface area contributed by atoms with Crippen molar-refractivity contribution in [2.24, 2.45) is 5.73 Å². The zero-order valence-corrected chi connectivity index (χ0v) is 12.2. The van der Waals surface area contributed by atoms with E-state index >= 15 is 0 Å². The first-order chi connectivity index (χ1) is 9.69. The fourth-order valence-electron chi connectivity index (χ4n) is 2.36. The summed E-state index contributed by atoms with van der Waals surface area (Å²) in [5.74, 6) is 0.640. The highest BCUT2D eigenvalue weighted by Gasteiger charge is 2.22. The predicted molar refractivity (Wildman–Crippen MR) is 80.0 cm³/mol. The molecule has 0 spiro atoms. The van der Waals surface area contributed by atoms with Gasteiger partial charge in [-0.2, -0.15) is 0 Å². The van der Waals surface area contributed by atoms with Crippen LogP contribution in [0.5, 0.6) is 5.88 Å². The lowest BCUT2D eigenvalue weighted by Crippen LogP contribution is -2.25. The quantitative estimate of drug-likeness (QED) is 0.874. The smallest absolute Gasteiger partial charge is 0.223 e. The van der Waals surface area contributed by atoms with E-state index in [1.54, 1.807) is 12.4 Å². The zero-order valence-electron chi connectivity index (χ0n) is 11.5. The third-order valence-corrected chi connectivity index (χ3v) is 4.11. The molecular formula is C15H18ClN3O. The molecular weight excluding hydrogens is 274 g/mol. The molecule has 4 nitrogen and oxygen atoms in total. The van der Waals surface area contributed by atoms with Gasteiger partial charge in [0, 0.05) is 18.4 Å². The topological polar surface area (TPSA) is 61.0 Å². The Bertz CT molecular complexity index is 628. The van der Waals surface area contributed by atoms with Crippen molar-refractivity contribution in [2.75, 3.05) is 0 Å². The van der Waals surface area contributed by atoms with Gasteiger partial charge >= 0.3 is 0 Å². The maximum Gasteiger partial charge on any atom is 0.223 e. The van der Waals surface area contributed by atoms with Crippen LogP contribution in [0.1, 0.15) is 44.2 Å². The van der Waals surface area contributed by atoms with Crippen molar-refractivity contribution >= 4 is 22.4 Å². The van der Waals surface area contributed by atoms with Crippen LogP contribution in [-0.2, 0) is 0 Å². The first kappa shape index (κ1) is 13.6. The highest BCUT2D eigenvalue weighted by atomic mass is 35.5. The van der Waals surface area contributed by atoms with E-state index in [2.05, 4.69) is 16.9 Å². The second kappa shape index (κ2) is 5.54. The number of ether oxygens (including phenoxy) is 1. The SMILES string of the molecule is CCC(N)c1cnc(OC2CCC2)c2cnc(Cl)cc12. The average Bonchev–Trinajstić information content (AvgIpc) is 2.41. The normalized spacial score (nSPS) is 16.9. The summed E-state index contributed by atoms with van der Waals surface area (Å²) in [6, 6.07) is 1.79. The van der Waals surface area contributed by atoms with Gasteiger partial charge in [-0.05, 0) is 42.7 Å². The number of fused-ring (bicyclic) bond motifs is 1. The van der Waals surface area contributed by atoms with Gasteiger partial charge in [-0.3, -0.25) is 0 Å². The molecule has 1 aliphatic carbocycles. The van der Waals surface area contributed by atoms with Crippen LogP contribution in [0.3, 0.4) is 0 Å². The average molecular weight is 292 g/mol. The number of halogens is 1. The number of rotatable bonds is 4. The van der Waals surface area contributed by atoms with E-state index in [1.165, 1.54) is 6.42 Å². The molecule has 1 aliphatic rings. The van der Waals surface area contributed by atoms with Gasteiger partial charge in [-0.1, -0.05) is 18.5 Å². The summed E-state index contributed by atoms with van der Waals surface area (Å²) in [4.78, 5) is 8.59. The lowest BCUT2D eigenvalue weighted by molar-refractivity contribution is 0.116. The van der Waals surface area contributed by atoms with Crippen molar-refractivity contribution in [1.82, 2.24) is 9.97 Å². The number of nitrogens with zero attached hydrogens (tertiary/aromatic N) is 2. The molecule has 2 aromatic rings. The molecule has 106 valence electrons. The Balaban J connectivity index is 2.09. The molecule has 2 heterocycles. The number of nitrogens with two attached hydrogens (primary N) is 1. The second-order valence-electron chi connectivity index (χ2n) is 5.26. The molecule has 0 aliphatic heterocycles. The van der Waals surface area contributed by atoms with E-state index < -0.39 is 0 Å². The van der Waals surface area contributed by atoms with Gasteiger partial charge in [0.15, 0.2) is 0 Å². The molecule has 1 atom stereocenters. The molecule has 0 radical (unpaired) electrons. The Hall–Kier alpha value is -1.39. The molecule has 20 heavy (non-hydrogen) atoms. The minimum absolute atomic E-state index is 0.0544. The number of hydrogen-bond donors (Lipinski definition) is 1. The largest absolute Gasteiger partial charge is 0.474 e. The molecule has 0 amide bonds. The Labute approximate surface area is 123 Å². The van der Waals surface area contributed by atoms with Gasteiger partial charge < -0.3 is 10.5 Å². The monoisotopic (exact) mass is 291 g/mol. The van der Waals surface area contributed by atoms with E-state index in [0.29, 0.717) is 11.0 Å². The van der Waals surface area contributed by atoms with Gasteiger partial charge in [-0.15, -0.1) is 0 Å². The lowest BCUT2D eigenvalue weighted by Gasteiger charge is -2.26. The molecule has 2 N–H and O–H groups in total. The van der Waals surface area contributed by atoms with Gasteiger partial charge in [0.1, 0.15) is 11.3 Å². The Kier molecular flexibility index (Phi) is 3.76. The lowest BCUT2D eigenvalue weighted by atomic mass is 9.96. The number of hydrogen-bond acceptors (Lipinski definition) is 4. The van der Waals surface area contributed by atoms with Gasteiger partial charge in [0.05, 0.1) is 5.39 Å². The number of aromatic nitrogens is 2. The van der Waals surface area contributed by atoms with Crippen molar-refractivity contribution in [3.63, 3.8) is 0 Å². The van der Waals surface area contributed by atoms with Crippen molar-refractivity contribution in [2.45, 2.75) is 44.8 Å². The molecule has 2 aromatic heterocycles. The second-order valence-corrected chi connectivity index (χ2v) is 5.64. The number of pyridine rings is 2. The van der Waals surface area contributed by atoms with Crippen molar-refractivity contribution in [1.29, 1.82) is 0 Å². The first-order valence-electron chi connectivity index (χ1n) is 7.05. The van der Waals surface area contributed by atoms with Gasteiger partial charge in [-0.25, -0.2) is 9.97 Å². The van der Waals surface area contributed by atoms with E-state index in [4.69, 9.17) is 22.1 Å². The van der Waals surface area contributed by atoms with Crippen molar-refractivity contribution < 1.29 is 4.74 Å². The summed E-state index contributed by atoms with van der Waals surface area (Å²) in [5, 5.41) is 2.34. The van der Waals surface area contributed by atoms with Gasteiger partial charge in [0.25, 0.3) is 0 Å². The summed E-state index contributed by atoms with van der Waals surface area (Å²) in [6.45, 7) is 2.05. The van der Waals surface area contributed by atoms with Crippen LogP contribution >= 0.6 is 11.6 Å². The van der Waals surface area contributed by atoms with E-state index in [0.717, 1.165) is 35.6 Å². The molecule has 0 bridgehead atoms. The maximum atomic E-state index is 6.15. The Morgan fingerprint density at radius 1 is 1.35 bits per heavy atom. The molecule has 3 rings (SSSR count). The molecule has 1 fully saturated rings. The van der Waals surface area contributed by atoms with Crippen LogP contribution < -0.4 is 10.5 Å². The third kappa shape index (κ3) is 2.45. The molecule has 5 heteroatoms. The van der Waals surface area contributed by atoms with Gasteiger partial charge in [0.2, 0.25) is 5.88 Å². The minimum atomic E-state index is -0.0544. The maximum absolute atomic E-state index is 6.15. The van der Waals surface area contributed by atoms with Crippen molar-refractivity contribution in [3.8, 4) is 5.88 Å². The van der Waals surface area contributed by atoms with Crippen LogP contribution in [-0.4, -0.2) is 16.1 Å². The standard InChI is InChI=1S/C15H18ClN3O/c1-2-13(17)11-7-19-15(20-9-4-3-5-9)12-8-18-14(16)6-10(11)12/h6-9,13H,2-5,17H2,1H3. The van der Waals surface area contributed by atoms with E-state index in [-0.39, 0.29) is 12.1 Å². The summed E-state index contributed by atoms with van der Waals surface area (Å²) >= 11 is 6.02. The first-order valence-corrected chi connectivity index (χ1v) is 7.43. The molecule has 1 unspecified atom stereocenters. The van der Waals surface area contributed by atoms with Crippen molar-refractivity contribution in [3.05, 3.63) is 29.2 Å². The van der Waals surface area contributed by atoms with Crippen LogP contribution in [0.15, 0.2) is 18.5 Å². The predicted octanol–water partition coefficient (Wildman–Crippen LogP) is 3.62. The van der Waals surface area contributed by atoms with E-state index in [1.807, 2.05) is 6.07 Å². The van der Waals surface area contributed by atoms with Crippen LogP contribution in [0.4, 0.5) is 0 Å². The van der Waals surface area contributed by atoms with Crippen LogP contribution in [0.2, 0.25) is 5.15 Å². The fraction of sp³-hybridized carbons (Fsp3) is 0.467. The summed E-state index contributed by atoms with van der Waals surface area (Å²) in [6.07, 6.45) is 8.09. The Morgan fingerprint density at radius 3 is 2.80 bits per heavy atom. The third-order valence-electron chi connectivity index (χ3n) is 3.90. The zero-order chi connectivity index (χ0) is 14.1. The highest BCUT2D eigenvalue weighted by molar-refractivity contribution is 6.30. The summed E-state index contributed by atoms with van der Waals surface area (Å²) in [5.41, 5.74) is 7.15. The Morgan fingerprint density at radius 2 is 2.15 bits per heavy atom.